The monoisotopic (exact) mass is 308 g/mol. The molecule has 1 saturated heterocycles. The van der Waals surface area contributed by atoms with E-state index in [9.17, 15) is 8.78 Å². The minimum absolute atomic E-state index is 0.176. The van der Waals surface area contributed by atoms with Crippen LogP contribution in [0.4, 0.5) is 8.78 Å². The van der Waals surface area contributed by atoms with E-state index in [1.165, 1.54) is 6.33 Å². The highest BCUT2D eigenvalue weighted by Gasteiger charge is 2.44. The fraction of sp³-hybridized carbons (Fsp3) is 0.467. The van der Waals surface area contributed by atoms with E-state index in [4.69, 9.17) is 4.74 Å². The lowest BCUT2D eigenvalue weighted by Gasteiger charge is -2.29. The maximum atomic E-state index is 13.9. The zero-order valence-corrected chi connectivity index (χ0v) is 12.3. The lowest BCUT2D eigenvalue weighted by Crippen LogP contribution is -2.43. The highest BCUT2D eigenvalue weighted by Crippen LogP contribution is 2.36. The molecule has 3 rings (SSSR count). The second kappa shape index (κ2) is 6.00. The Morgan fingerprint density at radius 2 is 2.14 bits per heavy atom. The van der Waals surface area contributed by atoms with Crippen molar-refractivity contribution >= 4 is 0 Å². The number of benzene rings is 1. The van der Waals surface area contributed by atoms with Gasteiger partial charge in [0, 0.05) is 19.5 Å². The number of aromatic nitrogens is 3. The molecule has 0 aliphatic carbocycles. The maximum Gasteiger partial charge on any atom is 0.260 e. The van der Waals surface area contributed by atoms with Gasteiger partial charge >= 0.3 is 0 Å². The van der Waals surface area contributed by atoms with Crippen molar-refractivity contribution in [1.82, 2.24) is 20.1 Å². The molecule has 1 aliphatic heterocycles. The van der Waals surface area contributed by atoms with Gasteiger partial charge in [-0.2, -0.15) is 5.10 Å². The number of nitrogens with zero attached hydrogens (tertiary/aromatic N) is 3. The third kappa shape index (κ3) is 3.09. The van der Waals surface area contributed by atoms with Gasteiger partial charge in [-0.15, -0.1) is 0 Å². The quantitative estimate of drug-likeness (QED) is 0.939. The van der Waals surface area contributed by atoms with Crippen LogP contribution < -0.4 is 10.1 Å². The SMILES string of the molecule is COc1ccc(Cn2cnc(C3CNCCC3(F)F)n2)cc1. The van der Waals surface area contributed by atoms with E-state index in [0.29, 0.717) is 13.1 Å². The van der Waals surface area contributed by atoms with Gasteiger partial charge in [0.15, 0.2) is 5.82 Å². The molecule has 0 bridgehead atoms. The van der Waals surface area contributed by atoms with Crippen molar-refractivity contribution in [2.75, 3.05) is 20.2 Å². The van der Waals surface area contributed by atoms with Crippen molar-refractivity contribution in [3.8, 4) is 5.75 Å². The van der Waals surface area contributed by atoms with E-state index in [0.717, 1.165) is 11.3 Å². The number of hydrogen-bond donors (Lipinski definition) is 1. The lowest BCUT2D eigenvalue weighted by molar-refractivity contribution is -0.0503. The number of methoxy groups -OCH3 is 1. The molecule has 5 nitrogen and oxygen atoms in total. The van der Waals surface area contributed by atoms with Crippen LogP contribution in [-0.2, 0) is 6.54 Å². The van der Waals surface area contributed by atoms with E-state index in [-0.39, 0.29) is 18.8 Å². The number of nitrogens with one attached hydrogen (secondary N) is 1. The van der Waals surface area contributed by atoms with Crippen LogP contribution in [-0.4, -0.2) is 40.9 Å². The van der Waals surface area contributed by atoms with Crippen LogP contribution in [0, 0.1) is 0 Å². The Labute approximate surface area is 127 Å². The van der Waals surface area contributed by atoms with Gasteiger partial charge in [-0.05, 0) is 17.7 Å². The second-order valence-electron chi connectivity index (χ2n) is 5.42. The highest BCUT2D eigenvalue weighted by molar-refractivity contribution is 5.27. The predicted molar refractivity (Wildman–Crippen MR) is 77.3 cm³/mol. The van der Waals surface area contributed by atoms with Crippen LogP contribution in [0.15, 0.2) is 30.6 Å². The maximum absolute atomic E-state index is 13.9. The van der Waals surface area contributed by atoms with Gasteiger partial charge in [0.05, 0.1) is 19.6 Å². The first-order chi connectivity index (χ1) is 10.6. The van der Waals surface area contributed by atoms with Crippen molar-refractivity contribution in [2.24, 2.45) is 0 Å². The number of piperidine rings is 1. The first kappa shape index (κ1) is 14.9. The normalized spacial score (nSPS) is 20.8. The topological polar surface area (TPSA) is 52.0 Å². The Balaban J connectivity index is 1.72. The summed E-state index contributed by atoms with van der Waals surface area (Å²) in [5.41, 5.74) is 1.01. The average Bonchev–Trinajstić information content (AvgIpc) is 2.95. The molecule has 7 heteroatoms. The number of rotatable bonds is 4. The van der Waals surface area contributed by atoms with Crippen LogP contribution in [0.1, 0.15) is 23.7 Å². The molecule has 1 aromatic heterocycles. The summed E-state index contributed by atoms with van der Waals surface area (Å²) in [7, 11) is 1.61. The summed E-state index contributed by atoms with van der Waals surface area (Å²) in [6.07, 6.45) is 1.33. The largest absolute Gasteiger partial charge is 0.497 e. The molecule has 1 aliphatic rings. The molecule has 0 amide bonds. The van der Waals surface area contributed by atoms with Gasteiger partial charge < -0.3 is 10.1 Å². The molecule has 0 radical (unpaired) electrons. The summed E-state index contributed by atoms with van der Waals surface area (Å²) < 4.78 is 34.5. The van der Waals surface area contributed by atoms with Crippen molar-refractivity contribution in [3.63, 3.8) is 0 Å². The molecule has 1 unspecified atom stereocenters. The molecule has 2 heterocycles. The molecule has 0 saturated carbocycles. The first-order valence-corrected chi connectivity index (χ1v) is 7.19. The number of halogens is 2. The van der Waals surface area contributed by atoms with E-state index < -0.39 is 11.8 Å². The summed E-state index contributed by atoms with van der Waals surface area (Å²) in [4.78, 5) is 4.07. The molecule has 118 valence electrons. The van der Waals surface area contributed by atoms with Crippen molar-refractivity contribution < 1.29 is 13.5 Å². The zero-order chi connectivity index (χ0) is 15.6. The van der Waals surface area contributed by atoms with Crippen molar-refractivity contribution in [1.29, 1.82) is 0 Å². The Hall–Kier alpha value is -2.02. The molecule has 0 spiro atoms. The van der Waals surface area contributed by atoms with E-state index in [1.807, 2.05) is 24.3 Å². The van der Waals surface area contributed by atoms with Crippen LogP contribution in [0.2, 0.25) is 0 Å². The van der Waals surface area contributed by atoms with E-state index >= 15 is 0 Å². The molecule has 1 aromatic carbocycles. The number of alkyl halides is 2. The van der Waals surface area contributed by atoms with Gasteiger partial charge in [0.2, 0.25) is 0 Å². The molecule has 1 N–H and O–H groups in total. The Kier molecular flexibility index (Phi) is 4.06. The van der Waals surface area contributed by atoms with Crippen LogP contribution in [0.5, 0.6) is 5.75 Å². The lowest BCUT2D eigenvalue weighted by atomic mass is 9.94. The van der Waals surface area contributed by atoms with Gasteiger partial charge in [-0.3, -0.25) is 0 Å². The molecular weight excluding hydrogens is 290 g/mol. The Morgan fingerprint density at radius 3 is 2.82 bits per heavy atom. The van der Waals surface area contributed by atoms with Crippen molar-refractivity contribution in [2.45, 2.75) is 24.8 Å². The van der Waals surface area contributed by atoms with Crippen LogP contribution in [0.25, 0.3) is 0 Å². The minimum atomic E-state index is -2.75. The third-order valence-electron chi connectivity index (χ3n) is 3.86. The van der Waals surface area contributed by atoms with Crippen molar-refractivity contribution in [3.05, 3.63) is 42.0 Å². The summed E-state index contributed by atoms with van der Waals surface area (Å²) in [6.45, 7) is 1.03. The van der Waals surface area contributed by atoms with Gasteiger partial charge in [0.1, 0.15) is 12.1 Å². The standard InChI is InChI=1S/C15H18F2N4O/c1-22-12-4-2-11(3-5-12)9-21-10-19-14(20-21)13-8-18-7-6-15(13,16)17/h2-5,10,13,18H,6-9H2,1H3. The zero-order valence-electron chi connectivity index (χ0n) is 12.3. The molecular formula is C15H18F2N4O. The average molecular weight is 308 g/mol. The fourth-order valence-corrected chi connectivity index (χ4v) is 2.57. The fourth-order valence-electron chi connectivity index (χ4n) is 2.57. The summed E-state index contributed by atoms with van der Waals surface area (Å²) in [6, 6.07) is 7.53. The van der Waals surface area contributed by atoms with Crippen LogP contribution >= 0.6 is 0 Å². The summed E-state index contributed by atoms with van der Waals surface area (Å²) >= 11 is 0. The summed E-state index contributed by atoms with van der Waals surface area (Å²) in [5, 5.41) is 7.20. The molecule has 2 aromatic rings. The first-order valence-electron chi connectivity index (χ1n) is 7.19. The smallest absolute Gasteiger partial charge is 0.260 e. The molecule has 1 atom stereocenters. The Bertz CT molecular complexity index is 627. The second-order valence-corrected chi connectivity index (χ2v) is 5.42. The van der Waals surface area contributed by atoms with Gasteiger partial charge in [-0.25, -0.2) is 18.4 Å². The van der Waals surface area contributed by atoms with Gasteiger partial charge in [0.25, 0.3) is 5.92 Å². The third-order valence-corrected chi connectivity index (χ3v) is 3.86. The van der Waals surface area contributed by atoms with Crippen LogP contribution in [0.3, 0.4) is 0 Å². The highest BCUT2D eigenvalue weighted by atomic mass is 19.3. The predicted octanol–water partition coefficient (Wildman–Crippen LogP) is 2.05. The summed E-state index contributed by atoms with van der Waals surface area (Å²) in [5.74, 6) is -2.74. The van der Waals surface area contributed by atoms with Gasteiger partial charge in [-0.1, -0.05) is 12.1 Å². The molecule has 1 fully saturated rings. The number of ether oxygens (including phenoxy) is 1. The number of hydrogen-bond acceptors (Lipinski definition) is 4. The Morgan fingerprint density at radius 1 is 1.36 bits per heavy atom. The van der Waals surface area contributed by atoms with E-state index in [2.05, 4.69) is 15.4 Å². The minimum Gasteiger partial charge on any atom is -0.497 e. The van der Waals surface area contributed by atoms with E-state index in [1.54, 1.807) is 11.8 Å². The molecule has 22 heavy (non-hydrogen) atoms.